The summed E-state index contributed by atoms with van der Waals surface area (Å²) in [4.78, 5) is 14.2. The average Bonchev–Trinajstić information content (AvgIpc) is 3.12. The first-order chi connectivity index (χ1) is 11.7. The van der Waals surface area contributed by atoms with Crippen LogP contribution < -0.4 is 4.57 Å². The minimum Gasteiger partial charge on any atom is -0.284 e. The van der Waals surface area contributed by atoms with Crippen LogP contribution in [0.15, 0.2) is 66.0 Å². The Morgan fingerprint density at radius 1 is 0.958 bits per heavy atom. The lowest BCUT2D eigenvalue weighted by atomic mass is 10.1. The molecule has 0 unspecified atom stereocenters. The minimum absolute atomic E-state index is 0.0549. The number of carbonyl (C=O) groups is 1. The van der Waals surface area contributed by atoms with Crippen molar-refractivity contribution in [2.24, 2.45) is 0 Å². The third kappa shape index (κ3) is 2.19. The number of para-hydroxylation sites is 1. The third-order valence-corrected chi connectivity index (χ3v) is 5.27. The molecule has 4 heteroatoms. The smallest absolute Gasteiger partial charge is 0.284 e. The van der Waals surface area contributed by atoms with Crippen molar-refractivity contribution in [1.29, 1.82) is 0 Å². The first-order valence-electron chi connectivity index (χ1n) is 7.85. The molecule has 0 bridgehead atoms. The van der Waals surface area contributed by atoms with Gasteiger partial charge in [-0.2, -0.15) is 8.97 Å². The maximum atomic E-state index is 13.1. The summed E-state index contributed by atoms with van der Waals surface area (Å²) in [6.45, 7) is 4.06. The van der Waals surface area contributed by atoms with E-state index >= 15 is 0 Å². The molecular formula is C20H17N2OS+. The highest BCUT2D eigenvalue weighted by atomic mass is 32.1. The summed E-state index contributed by atoms with van der Waals surface area (Å²) in [5, 5.41) is 2.09. The van der Waals surface area contributed by atoms with Crippen molar-refractivity contribution in [2.75, 3.05) is 0 Å². The van der Waals surface area contributed by atoms with Gasteiger partial charge in [0.1, 0.15) is 11.4 Å². The molecule has 0 aliphatic rings. The molecule has 0 spiro atoms. The van der Waals surface area contributed by atoms with Crippen LogP contribution in [-0.2, 0) is 0 Å². The molecule has 0 saturated carbocycles. The topological polar surface area (TPSA) is 25.4 Å². The summed E-state index contributed by atoms with van der Waals surface area (Å²) in [7, 11) is 0. The normalized spacial score (nSPS) is 11.1. The van der Waals surface area contributed by atoms with Crippen LogP contribution in [0.3, 0.4) is 0 Å². The van der Waals surface area contributed by atoms with E-state index < -0.39 is 0 Å². The number of aromatic nitrogens is 2. The van der Waals surface area contributed by atoms with E-state index in [0.717, 1.165) is 27.7 Å². The van der Waals surface area contributed by atoms with Crippen molar-refractivity contribution < 1.29 is 9.36 Å². The number of hydrogen-bond donors (Lipinski definition) is 0. The Balaban J connectivity index is 2.02. The number of benzene rings is 2. The zero-order chi connectivity index (χ0) is 16.7. The summed E-state index contributed by atoms with van der Waals surface area (Å²) >= 11 is 1.66. The van der Waals surface area contributed by atoms with Crippen molar-refractivity contribution in [2.45, 2.75) is 13.8 Å². The monoisotopic (exact) mass is 333 g/mol. The highest BCUT2D eigenvalue weighted by Gasteiger charge is 2.31. The van der Waals surface area contributed by atoms with Crippen LogP contribution in [0.25, 0.3) is 10.6 Å². The van der Waals surface area contributed by atoms with Crippen LogP contribution in [0.4, 0.5) is 0 Å². The van der Waals surface area contributed by atoms with Gasteiger partial charge in [0.2, 0.25) is 11.5 Å². The van der Waals surface area contributed by atoms with Gasteiger partial charge in [0, 0.05) is 17.9 Å². The zero-order valence-corrected chi connectivity index (χ0v) is 14.4. The van der Waals surface area contributed by atoms with E-state index in [4.69, 9.17) is 0 Å². The molecule has 0 fully saturated rings. The summed E-state index contributed by atoms with van der Waals surface area (Å²) in [6.07, 6.45) is 0. The summed E-state index contributed by atoms with van der Waals surface area (Å²) < 4.78 is 4.23. The Morgan fingerprint density at radius 2 is 1.58 bits per heavy atom. The van der Waals surface area contributed by atoms with Crippen LogP contribution in [0.1, 0.15) is 27.4 Å². The second-order valence-electron chi connectivity index (χ2n) is 5.80. The van der Waals surface area contributed by atoms with Gasteiger partial charge < -0.3 is 0 Å². The van der Waals surface area contributed by atoms with Gasteiger partial charge in [-0.15, -0.1) is 0 Å². The Morgan fingerprint density at radius 3 is 2.25 bits per heavy atom. The standard InChI is InChI=1S/C20H17N2OS/c1-14-13-24-20-21(14)18(19(23)16-9-5-3-6-10-16)15(2)22(20)17-11-7-4-8-12-17/h3-13H,1-2H3/q+1. The van der Waals surface area contributed by atoms with Crippen molar-refractivity contribution in [3.05, 3.63) is 88.7 Å². The number of ketones is 1. The van der Waals surface area contributed by atoms with E-state index in [0.29, 0.717) is 5.56 Å². The Labute approximate surface area is 144 Å². The van der Waals surface area contributed by atoms with Gasteiger partial charge in [0.05, 0.1) is 0 Å². The summed E-state index contributed by atoms with van der Waals surface area (Å²) in [6, 6.07) is 19.6. The fraction of sp³-hybridized carbons (Fsp3) is 0.100. The van der Waals surface area contributed by atoms with Crippen molar-refractivity contribution in [1.82, 2.24) is 4.40 Å². The lowest BCUT2D eigenvalue weighted by Gasteiger charge is -2.00. The lowest BCUT2D eigenvalue weighted by Crippen LogP contribution is -2.32. The second-order valence-corrected chi connectivity index (χ2v) is 6.63. The van der Waals surface area contributed by atoms with Crippen LogP contribution in [-0.4, -0.2) is 10.2 Å². The molecule has 0 radical (unpaired) electrons. The van der Waals surface area contributed by atoms with Crippen LogP contribution in [0.5, 0.6) is 0 Å². The highest BCUT2D eigenvalue weighted by molar-refractivity contribution is 7.14. The number of thiazole rings is 1. The number of imidazole rings is 1. The van der Waals surface area contributed by atoms with E-state index in [-0.39, 0.29) is 5.78 Å². The molecule has 0 saturated heterocycles. The number of carbonyl (C=O) groups excluding carboxylic acids is 1. The highest BCUT2D eigenvalue weighted by Crippen LogP contribution is 2.23. The molecule has 0 N–H and O–H groups in total. The van der Waals surface area contributed by atoms with Gasteiger partial charge in [0.15, 0.2) is 5.69 Å². The van der Waals surface area contributed by atoms with E-state index in [2.05, 4.69) is 26.5 Å². The van der Waals surface area contributed by atoms with Gasteiger partial charge in [0.25, 0.3) is 0 Å². The molecule has 0 aliphatic heterocycles. The quantitative estimate of drug-likeness (QED) is 0.409. The first kappa shape index (κ1) is 14.8. The largest absolute Gasteiger partial charge is 0.351 e. The number of nitrogens with zero attached hydrogens (tertiary/aromatic N) is 2. The van der Waals surface area contributed by atoms with Gasteiger partial charge in [-0.25, -0.2) is 0 Å². The van der Waals surface area contributed by atoms with Crippen molar-refractivity contribution in [3.8, 4) is 5.69 Å². The maximum Gasteiger partial charge on any atom is 0.351 e. The molecule has 4 aromatic rings. The molecule has 24 heavy (non-hydrogen) atoms. The molecule has 0 atom stereocenters. The Kier molecular flexibility index (Phi) is 3.54. The SMILES string of the molecule is Cc1csc2n1c(C(=O)c1ccccc1)c(C)[n+]2-c1ccccc1. The molecule has 2 heterocycles. The molecule has 2 aromatic carbocycles. The van der Waals surface area contributed by atoms with Gasteiger partial charge in [-0.3, -0.25) is 4.79 Å². The summed E-state index contributed by atoms with van der Waals surface area (Å²) in [5.41, 5.74) is 4.56. The van der Waals surface area contributed by atoms with E-state index in [1.165, 1.54) is 0 Å². The number of hydrogen-bond acceptors (Lipinski definition) is 2. The minimum atomic E-state index is 0.0549. The summed E-state index contributed by atoms with van der Waals surface area (Å²) in [5.74, 6) is 0.0549. The molecule has 118 valence electrons. The zero-order valence-electron chi connectivity index (χ0n) is 13.6. The lowest BCUT2D eigenvalue weighted by molar-refractivity contribution is -0.571. The van der Waals surface area contributed by atoms with Crippen molar-refractivity contribution in [3.63, 3.8) is 0 Å². The Hall–Kier alpha value is -2.72. The molecule has 3 nitrogen and oxygen atoms in total. The maximum absolute atomic E-state index is 13.1. The first-order valence-corrected chi connectivity index (χ1v) is 8.73. The predicted molar refractivity (Wildman–Crippen MR) is 96.2 cm³/mol. The number of fused-ring (bicyclic) bond motifs is 1. The molecule has 4 rings (SSSR count). The van der Waals surface area contributed by atoms with E-state index in [1.54, 1.807) is 11.3 Å². The average molecular weight is 333 g/mol. The fourth-order valence-electron chi connectivity index (χ4n) is 3.10. The number of rotatable bonds is 3. The van der Waals surface area contributed by atoms with Crippen molar-refractivity contribution >= 4 is 22.1 Å². The van der Waals surface area contributed by atoms with Gasteiger partial charge >= 0.3 is 4.96 Å². The van der Waals surface area contributed by atoms with Crippen LogP contribution in [0.2, 0.25) is 0 Å². The third-order valence-electron chi connectivity index (χ3n) is 4.24. The van der Waals surface area contributed by atoms with Crippen LogP contribution in [0, 0.1) is 13.8 Å². The second kappa shape index (κ2) is 5.73. The Bertz CT molecular complexity index is 1030. The van der Waals surface area contributed by atoms with Crippen LogP contribution >= 0.6 is 11.3 Å². The molecule has 0 amide bonds. The fourth-order valence-corrected chi connectivity index (χ4v) is 4.17. The number of aryl methyl sites for hydroxylation is 1. The van der Waals surface area contributed by atoms with E-state index in [1.807, 2.05) is 62.4 Å². The molecule has 2 aromatic heterocycles. The molecule has 0 aliphatic carbocycles. The predicted octanol–water partition coefficient (Wildman–Crippen LogP) is 4.13. The van der Waals surface area contributed by atoms with Gasteiger partial charge in [-0.05, 0) is 19.1 Å². The van der Waals surface area contributed by atoms with E-state index in [9.17, 15) is 4.79 Å². The molecular weight excluding hydrogens is 316 g/mol. The van der Waals surface area contributed by atoms with Gasteiger partial charge in [-0.1, -0.05) is 59.9 Å².